The number of amides is 1. The molecule has 0 radical (unpaired) electrons. The molecule has 0 aliphatic carbocycles. The fraction of sp³-hybridized carbons (Fsp3) is 0.235. The van der Waals surface area contributed by atoms with E-state index >= 15 is 0 Å². The second kappa shape index (κ2) is 7.62. The van der Waals surface area contributed by atoms with Gasteiger partial charge in [-0.1, -0.05) is 57.9 Å². The maximum atomic E-state index is 12.6. The van der Waals surface area contributed by atoms with Crippen molar-refractivity contribution >= 4 is 33.4 Å². The Morgan fingerprint density at radius 1 is 1.19 bits per heavy atom. The standard InChI is InChI=1S/C17H17BrClNO/c1-2-20(11-10-13-6-4-3-5-7-13)17(21)15-12-14(18)8-9-16(15)19/h3-9,12H,2,10-11H2,1H3. The Bertz CT molecular complexity index is 615. The molecule has 0 heterocycles. The molecule has 110 valence electrons. The summed E-state index contributed by atoms with van der Waals surface area (Å²) in [5, 5.41) is 0.487. The Labute approximate surface area is 138 Å². The summed E-state index contributed by atoms with van der Waals surface area (Å²) < 4.78 is 0.856. The number of benzene rings is 2. The third-order valence-electron chi connectivity index (χ3n) is 3.34. The van der Waals surface area contributed by atoms with Gasteiger partial charge >= 0.3 is 0 Å². The highest BCUT2D eigenvalue weighted by atomic mass is 79.9. The van der Waals surface area contributed by atoms with Gasteiger partial charge in [-0.3, -0.25) is 4.79 Å². The number of nitrogens with zero attached hydrogens (tertiary/aromatic N) is 1. The number of halogens is 2. The Hall–Kier alpha value is -1.32. The van der Waals surface area contributed by atoms with Gasteiger partial charge in [0.15, 0.2) is 0 Å². The molecule has 0 aliphatic rings. The van der Waals surface area contributed by atoms with Crippen molar-refractivity contribution in [3.63, 3.8) is 0 Å². The van der Waals surface area contributed by atoms with Crippen molar-refractivity contribution in [3.8, 4) is 0 Å². The molecular weight excluding hydrogens is 350 g/mol. The fourth-order valence-corrected chi connectivity index (χ4v) is 2.70. The van der Waals surface area contributed by atoms with E-state index in [2.05, 4.69) is 28.1 Å². The van der Waals surface area contributed by atoms with Crippen LogP contribution in [-0.2, 0) is 6.42 Å². The van der Waals surface area contributed by atoms with Crippen LogP contribution in [-0.4, -0.2) is 23.9 Å². The van der Waals surface area contributed by atoms with E-state index in [-0.39, 0.29) is 5.91 Å². The van der Waals surface area contributed by atoms with Crippen LogP contribution in [0.4, 0.5) is 0 Å². The number of likely N-dealkylation sites (N-methyl/N-ethyl adjacent to an activating group) is 1. The Morgan fingerprint density at radius 3 is 2.57 bits per heavy atom. The van der Waals surface area contributed by atoms with Crippen LogP contribution in [0.5, 0.6) is 0 Å². The van der Waals surface area contributed by atoms with E-state index in [4.69, 9.17) is 11.6 Å². The van der Waals surface area contributed by atoms with Crippen molar-refractivity contribution in [2.24, 2.45) is 0 Å². The summed E-state index contributed by atoms with van der Waals surface area (Å²) in [6.45, 7) is 3.32. The minimum absolute atomic E-state index is 0.0280. The van der Waals surface area contributed by atoms with Gasteiger partial charge in [0.25, 0.3) is 5.91 Å². The minimum Gasteiger partial charge on any atom is -0.339 e. The van der Waals surface area contributed by atoms with Crippen molar-refractivity contribution < 1.29 is 4.79 Å². The van der Waals surface area contributed by atoms with Gasteiger partial charge in [0.05, 0.1) is 10.6 Å². The van der Waals surface area contributed by atoms with Crippen LogP contribution >= 0.6 is 27.5 Å². The van der Waals surface area contributed by atoms with E-state index in [1.165, 1.54) is 5.56 Å². The lowest BCUT2D eigenvalue weighted by Gasteiger charge is -2.21. The van der Waals surface area contributed by atoms with Crippen molar-refractivity contribution in [2.75, 3.05) is 13.1 Å². The van der Waals surface area contributed by atoms with Gasteiger partial charge in [-0.25, -0.2) is 0 Å². The zero-order valence-corrected chi connectivity index (χ0v) is 14.2. The molecule has 0 unspecified atom stereocenters. The van der Waals surface area contributed by atoms with E-state index < -0.39 is 0 Å². The molecule has 0 saturated carbocycles. The highest BCUT2D eigenvalue weighted by molar-refractivity contribution is 9.10. The molecule has 2 nitrogen and oxygen atoms in total. The third-order valence-corrected chi connectivity index (χ3v) is 4.16. The second-order valence-electron chi connectivity index (χ2n) is 4.74. The Morgan fingerprint density at radius 2 is 1.90 bits per heavy atom. The monoisotopic (exact) mass is 365 g/mol. The fourth-order valence-electron chi connectivity index (χ4n) is 2.14. The van der Waals surface area contributed by atoms with Crippen molar-refractivity contribution in [2.45, 2.75) is 13.3 Å². The zero-order valence-electron chi connectivity index (χ0n) is 11.9. The lowest BCUT2D eigenvalue weighted by molar-refractivity contribution is 0.0766. The maximum absolute atomic E-state index is 12.6. The lowest BCUT2D eigenvalue weighted by atomic mass is 10.1. The summed E-state index contributed by atoms with van der Waals surface area (Å²) in [4.78, 5) is 14.4. The van der Waals surface area contributed by atoms with Crippen molar-refractivity contribution in [1.29, 1.82) is 0 Å². The topological polar surface area (TPSA) is 20.3 Å². The Balaban J connectivity index is 2.10. The average molecular weight is 367 g/mol. The first kappa shape index (κ1) is 16.1. The first-order valence-electron chi connectivity index (χ1n) is 6.90. The molecule has 4 heteroatoms. The van der Waals surface area contributed by atoms with Gasteiger partial charge in [0.2, 0.25) is 0 Å². The predicted molar refractivity (Wildman–Crippen MR) is 90.9 cm³/mol. The molecule has 0 aromatic heterocycles. The molecule has 0 atom stereocenters. The van der Waals surface area contributed by atoms with E-state index in [9.17, 15) is 4.79 Å². The van der Waals surface area contributed by atoms with Crippen LogP contribution in [0.2, 0.25) is 5.02 Å². The van der Waals surface area contributed by atoms with Crippen molar-refractivity contribution in [1.82, 2.24) is 4.90 Å². The summed E-state index contributed by atoms with van der Waals surface area (Å²) in [5.74, 6) is -0.0280. The SMILES string of the molecule is CCN(CCc1ccccc1)C(=O)c1cc(Br)ccc1Cl. The molecule has 2 aromatic carbocycles. The first-order chi connectivity index (χ1) is 10.1. The first-order valence-corrected chi connectivity index (χ1v) is 8.07. The number of carbonyl (C=O) groups is 1. The summed E-state index contributed by atoms with van der Waals surface area (Å²) in [5.41, 5.74) is 1.77. The highest BCUT2D eigenvalue weighted by Gasteiger charge is 2.17. The molecule has 0 fully saturated rings. The maximum Gasteiger partial charge on any atom is 0.255 e. The predicted octanol–water partition coefficient (Wildman–Crippen LogP) is 4.81. The number of rotatable bonds is 5. The Kier molecular flexibility index (Phi) is 5.83. The molecule has 2 aromatic rings. The third kappa shape index (κ3) is 4.32. The molecule has 21 heavy (non-hydrogen) atoms. The second-order valence-corrected chi connectivity index (χ2v) is 6.07. The molecule has 1 amide bonds. The lowest BCUT2D eigenvalue weighted by Crippen LogP contribution is -2.33. The zero-order chi connectivity index (χ0) is 15.2. The van der Waals surface area contributed by atoms with E-state index in [1.54, 1.807) is 12.1 Å². The van der Waals surface area contributed by atoms with Gasteiger partial charge in [-0.05, 0) is 37.1 Å². The molecule has 0 spiro atoms. The molecular formula is C17H17BrClNO. The van der Waals surface area contributed by atoms with Gasteiger partial charge in [-0.2, -0.15) is 0 Å². The molecule has 0 N–H and O–H groups in total. The summed E-state index contributed by atoms with van der Waals surface area (Å²) in [6, 6.07) is 15.5. The van der Waals surface area contributed by atoms with Crippen LogP contribution in [0.1, 0.15) is 22.8 Å². The van der Waals surface area contributed by atoms with Crippen LogP contribution in [0.3, 0.4) is 0 Å². The quantitative estimate of drug-likeness (QED) is 0.744. The van der Waals surface area contributed by atoms with E-state index in [1.807, 2.05) is 36.1 Å². The molecule has 0 bridgehead atoms. The number of hydrogen-bond acceptors (Lipinski definition) is 1. The van der Waals surface area contributed by atoms with Crippen molar-refractivity contribution in [3.05, 3.63) is 69.2 Å². The van der Waals surface area contributed by atoms with Crippen LogP contribution in [0.15, 0.2) is 53.0 Å². The van der Waals surface area contributed by atoms with Crippen LogP contribution in [0, 0.1) is 0 Å². The van der Waals surface area contributed by atoms with Crippen LogP contribution in [0.25, 0.3) is 0 Å². The van der Waals surface area contributed by atoms with E-state index in [0.717, 1.165) is 10.9 Å². The van der Waals surface area contributed by atoms with Gasteiger partial charge in [0, 0.05) is 17.6 Å². The normalized spacial score (nSPS) is 10.4. The molecule has 2 rings (SSSR count). The molecule has 0 aliphatic heterocycles. The number of carbonyl (C=O) groups excluding carboxylic acids is 1. The average Bonchev–Trinajstić information content (AvgIpc) is 2.51. The molecule has 0 saturated heterocycles. The minimum atomic E-state index is -0.0280. The smallest absolute Gasteiger partial charge is 0.255 e. The largest absolute Gasteiger partial charge is 0.339 e. The summed E-state index contributed by atoms with van der Waals surface area (Å²) in [7, 11) is 0. The highest BCUT2D eigenvalue weighted by Crippen LogP contribution is 2.22. The van der Waals surface area contributed by atoms with Gasteiger partial charge in [0.1, 0.15) is 0 Å². The summed E-state index contributed by atoms with van der Waals surface area (Å²) in [6.07, 6.45) is 0.839. The van der Waals surface area contributed by atoms with Gasteiger partial charge in [-0.15, -0.1) is 0 Å². The van der Waals surface area contributed by atoms with Gasteiger partial charge < -0.3 is 4.90 Å². The summed E-state index contributed by atoms with van der Waals surface area (Å²) >= 11 is 9.52. The van der Waals surface area contributed by atoms with E-state index in [0.29, 0.717) is 23.7 Å². The van der Waals surface area contributed by atoms with Crippen LogP contribution < -0.4 is 0 Å². The number of hydrogen-bond donors (Lipinski definition) is 0.